The lowest BCUT2D eigenvalue weighted by molar-refractivity contribution is -0.141. The van der Waals surface area contributed by atoms with Gasteiger partial charge in [-0.15, -0.1) is 0 Å². The number of hydrogen-bond acceptors (Lipinski definition) is 4. The Bertz CT molecular complexity index is 853. The Morgan fingerprint density at radius 1 is 1.26 bits per heavy atom. The average Bonchev–Trinajstić information content (AvgIpc) is 3.01. The van der Waals surface area contributed by atoms with Gasteiger partial charge in [-0.05, 0) is 30.7 Å². The minimum absolute atomic E-state index is 0.0495. The highest BCUT2D eigenvalue weighted by Crippen LogP contribution is 2.31. The van der Waals surface area contributed by atoms with Crippen LogP contribution < -0.4 is 15.0 Å². The predicted octanol–water partition coefficient (Wildman–Crippen LogP) is 2.64. The molecule has 0 saturated carbocycles. The Balaban J connectivity index is 1.70. The van der Waals surface area contributed by atoms with Gasteiger partial charge in [-0.3, -0.25) is 14.6 Å². The lowest BCUT2D eigenvalue weighted by Crippen LogP contribution is -2.41. The molecule has 1 unspecified atom stereocenters. The molecule has 2 heterocycles. The zero-order valence-corrected chi connectivity index (χ0v) is 14.3. The maximum Gasteiger partial charge on any atom is 0.433 e. The van der Waals surface area contributed by atoms with Crippen molar-refractivity contribution in [1.29, 1.82) is 0 Å². The third kappa shape index (κ3) is 3.86. The van der Waals surface area contributed by atoms with Crippen LogP contribution in [0.3, 0.4) is 0 Å². The number of nitrogens with zero attached hydrogens (tertiary/aromatic N) is 2. The van der Waals surface area contributed by atoms with Gasteiger partial charge < -0.3 is 15.0 Å². The van der Waals surface area contributed by atoms with E-state index in [0.29, 0.717) is 24.4 Å². The summed E-state index contributed by atoms with van der Waals surface area (Å²) in [7, 11) is 1.50. The van der Waals surface area contributed by atoms with Crippen molar-refractivity contribution in [3.05, 3.63) is 53.9 Å². The number of aromatic nitrogens is 1. The number of benzene rings is 1. The Morgan fingerprint density at radius 2 is 2.00 bits per heavy atom. The Hall–Kier alpha value is -3.10. The summed E-state index contributed by atoms with van der Waals surface area (Å²) in [6.07, 6.45) is -3.36. The van der Waals surface area contributed by atoms with Crippen molar-refractivity contribution in [1.82, 2.24) is 10.3 Å². The van der Waals surface area contributed by atoms with Gasteiger partial charge in [-0.2, -0.15) is 13.2 Å². The second-order valence-electron chi connectivity index (χ2n) is 5.91. The van der Waals surface area contributed by atoms with Crippen LogP contribution in [0.5, 0.6) is 5.75 Å². The van der Waals surface area contributed by atoms with E-state index in [0.717, 1.165) is 18.3 Å². The normalized spacial score (nSPS) is 17.1. The molecule has 1 fully saturated rings. The standard InChI is InChI=1S/C18H16F3N3O3/c1-27-14-5-3-2-4-13(14)24-9-8-12(17(24)26)23-16(25)11-6-7-15(22-10-11)18(19,20)21/h2-7,10,12H,8-9H2,1H3,(H,23,25). The number of para-hydroxylation sites is 2. The number of nitrogens with one attached hydrogen (secondary N) is 1. The molecule has 1 saturated heterocycles. The van der Waals surface area contributed by atoms with Gasteiger partial charge >= 0.3 is 6.18 Å². The molecule has 6 nitrogen and oxygen atoms in total. The molecule has 0 radical (unpaired) electrons. The number of alkyl halides is 3. The summed E-state index contributed by atoms with van der Waals surface area (Å²) in [6.45, 7) is 0.384. The summed E-state index contributed by atoms with van der Waals surface area (Å²) in [6, 6.07) is 7.99. The summed E-state index contributed by atoms with van der Waals surface area (Å²) < 4.78 is 42.9. The highest BCUT2D eigenvalue weighted by atomic mass is 19.4. The molecule has 1 N–H and O–H groups in total. The first kappa shape index (κ1) is 18.7. The molecule has 27 heavy (non-hydrogen) atoms. The van der Waals surface area contributed by atoms with E-state index < -0.39 is 23.8 Å². The lowest BCUT2D eigenvalue weighted by atomic mass is 10.2. The van der Waals surface area contributed by atoms with Crippen molar-refractivity contribution in [2.24, 2.45) is 0 Å². The first-order valence-corrected chi connectivity index (χ1v) is 8.10. The van der Waals surface area contributed by atoms with Crippen LogP contribution in [0.2, 0.25) is 0 Å². The number of halogens is 3. The highest BCUT2D eigenvalue weighted by Gasteiger charge is 2.35. The molecule has 0 bridgehead atoms. The molecule has 0 spiro atoms. The van der Waals surface area contributed by atoms with Crippen molar-refractivity contribution in [2.45, 2.75) is 18.6 Å². The van der Waals surface area contributed by atoms with Crippen LogP contribution in [-0.4, -0.2) is 36.5 Å². The second kappa shape index (κ2) is 7.26. The number of amides is 2. The Morgan fingerprint density at radius 3 is 2.63 bits per heavy atom. The van der Waals surface area contributed by atoms with E-state index >= 15 is 0 Å². The number of ether oxygens (including phenoxy) is 1. The van der Waals surface area contributed by atoms with Crippen molar-refractivity contribution in [2.75, 3.05) is 18.6 Å². The minimum atomic E-state index is -4.58. The smallest absolute Gasteiger partial charge is 0.433 e. The topological polar surface area (TPSA) is 71.5 Å². The molecule has 1 aliphatic rings. The highest BCUT2D eigenvalue weighted by molar-refractivity contribution is 6.04. The van der Waals surface area contributed by atoms with E-state index in [1.807, 2.05) is 0 Å². The van der Waals surface area contributed by atoms with Crippen molar-refractivity contribution < 1.29 is 27.5 Å². The van der Waals surface area contributed by atoms with Gasteiger partial charge in [0, 0.05) is 12.7 Å². The minimum Gasteiger partial charge on any atom is -0.495 e. The summed E-state index contributed by atoms with van der Waals surface area (Å²) in [4.78, 5) is 29.6. The first-order valence-electron chi connectivity index (χ1n) is 8.10. The molecule has 2 aromatic rings. The van der Waals surface area contributed by atoms with E-state index in [1.54, 1.807) is 24.3 Å². The zero-order valence-electron chi connectivity index (χ0n) is 14.3. The largest absolute Gasteiger partial charge is 0.495 e. The van der Waals surface area contributed by atoms with E-state index in [1.165, 1.54) is 12.0 Å². The van der Waals surface area contributed by atoms with Gasteiger partial charge in [0.05, 0.1) is 18.4 Å². The fourth-order valence-electron chi connectivity index (χ4n) is 2.84. The Labute approximate surface area is 152 Å². The van der Waals surface area contributed by atoms with E-state index in [2.05, 4.69) is 10.3 Å². The molecule has 0 aliphatic carbocycles. The third-order valence-corrected chi connectivity index (χ3v) is 4.20. The summed E-state index contributed by atoms with van der Waals surface area (Å²) in [5, 5.41) is 2.55. The predicted molar refractivity (Wildman–Crippen MR) is 90.5 cm³/mol. The van der Waals surface area contributed by atoms with Gasteiger partial charge in [0.2, 0.25) is 5.91 Å². The van der Waals surface area contributed by atoms with Gasteiger partial charge in [0.1, 0.15) is 17.5 Å². The van der Waals surface area contributed by atoms with Crippen LogP contribution >= 0.6 is 0 Å². The van der Waals surface area contributed by atoms with Crippen LogP contribution in [0.15, 0.2) is 42.6 Å². The molecular weight excluding hydrogens is 363 g/mol. The lowest BCUT2D eigenvalue weighted by Gasteiger charge is -2.19. The van der Waals surface area contributed by atoms with Crippen LogP contribution in [0.4, 0.5) is 18.9 Å². The van der Waals surface area contributed by atoms with Crippen molar-refractivity contribution in [3.63, 3.8) is 0 Å². The number of rotatable bonds is 4. The van der Waals surface area contributed by atoms with E-state index in [4.69, 9.17) is 4.74 Å². The molecule has 2 amide bonds. The summed E-state index contributed by atoms with van der Waals surface area (Å²) in [5.41, 5.74) is -0.539. The number of carbonyl (C=O) groups excluding carboxylic acids is 2. The Kier molecular flexibility index (Phi) is 5.02. The fourth-order valence-corrected chi connectivity index (χ4v) is 2.84. The van der Waals surface area contributed by atoms with Crippen LogP contribution in [0.1, 0.15) is 22.5 Å². The van der Waals surface area contributed by atoms with Crippen molar-refractivity contribution >= 4 is 17.5 Å². The first-order chi connectivity index (χ1) is 12.8. The van der Waals surface area contributed by atoms with E-state index in [-0.39, 0.29) is 11.5 Å². The van der Waals surface area contributed by atoms with Crippen molar-refractivity contribution in [3.8, 4) is 5.75 Å². The number of pyridine rings is 1. The van der Waals surface area contributed by atoms with Crippen LogP contribution in [0, 0.1) is 0 Å². The van der Waals surface area contributed by atoms with Gasteiger partial charge in [0.15, 0.2) is 0 Å². The monoisotopic (exact) mass is 379 g/mol. The molecular formula is C18H16F3N3O3. The maximum atomic E-state index is 12.6. The third-order valence-electron chi connectivity index (χ3n) is 4.20. The number of hydrogen-bond donors (Lipinski definition) is 1. The maximum absolute atomic E-state index is 12.6. The SMILES string of the molecule is COc1ccccc1N1CCC(NC(=O)c2ccc(C(F)(F)F)nc2)C1=O. The number of carbonyl (C=O) groups is 2. The molecule has 142 valence electrons. The molecule has 1 aliphatic heterocycles. The molecule has 1 aromatic heterocycles. The molecule has 9 heteroatoms. The summed E-state index contributed by atoms with van der Waals surface area (Å²) in [5.74, 6) is -0.436. The molecule has 3 rings (SSSR count). The van der Waals surface area contributed by atoms with Gasteiger partial charge in [-0.1, -0.05) is 12.1 Å². The number of methoxy groups -OCH3 is 1. The second-order valence-corrected chi connectivity index (χ2v) is 5.91. The van der Waals surface area contributed by atoms with Gasteiger partial charge in [0.25, 0.3) is 5.91 Å². The zero-order chi connectivity index (χ0) is 19.6. The average molecular weight is 379 g/mol. The molecule has 1 atom stereocenters. The molecule has 1 aromatic carbocycles. The quantitative estimate of drug-likeness (QED) is 0.887. The van der Waals surface area contributed by atoms with Crippen LogP contribution in [-0.2, 0) is 11.0 Å². The number of anilines is 1. The fraction of sp³-hybridized carbons (Fsp3) is 0.278. The summed E-state index contributed by atoms with van der Waals surface area (Å²) >= 11 is 0. The van der Waals surface area contributed by atoms with E-state index in [9.17, 15) is 22.8 Å². The van der Waals surface area contributed by atoms with Crippen LogP contribution in [0.25, 0.3) is 0 Å². The van der Waals surface area contributed by atoms with Gasteiger partial charge in [-0.25, -0.2) is 0 Å².